The Morgan fingerprint density at radius 1 is 1.00 bits per heavy atom. The van der Waals surface area contributed by atoms with Gasteiger partial charge in [-0.05, 0) is 62.5 Å². The van der Waals surface area contributed by atoms with Crippen LogP contribution in [0.3, 0.4) is 0 Å². The summed E-state index contributed by atoms with van der Waals surface area (Å²) in [7, 11) is -3.54. The second-order valence-electron chi connectivity index (χ2n) is 5.57. The first-order valence-electron chi connectivity index (χ1n) is 7.58. The fourth-order valence-electron chi connectivity index (χ4n) is 2.02. The van der Waals surface area contributed by atoms with Gasteiger partial charge in [0, 0.05) is 17.3 Å². The minimum absolute atomic E-state index is 0.129. The van der Waals surface area contributed by atoms with Crippen LogP contribution in [0.25, 0.3) is 0 Å². The van der Waals surface area contributed by atoms with Gasteiger partial charge >= 0.3 is 0 Å². The highest BCUT2D eigenvalue weighted by Gasteiger charge is 2.15. The molecule has 0 aromatic heterocycles. The maximum Gasteiger partial charge on any atom is 0.257 e. The van der Waals surface area contributed by atoms with E-state index in [1.165, 1.54) is 12.1 Å². The van der Waals surface area contributed by atoms with Crippen LogP contribution in [-0.4, -0.2) is 25.5 Å². The van der Waals surface area contributed by atoms with E-state index in [0.29, 0.717) is 11.3 Å². The van der Waals surface area contributed by atoms with Gasteiger partial charge in [-0.1, -0.05) is 18.2 Å². The van der Waals surface area contributed by atoms with E-state index in [4.69, 9.17) is 12.2 Å². The van der Waals surface area contributed by atoms with Crippen molar-refractivity contribution in [2.24, 2.45) is 0 Å². The summed E-state index contributed by atoms with van der Waals surface area (Å²) >= 11 is 5.10. The maximum atomic E-state index is 12.1. The zero-order valence-corrected chi connectivity index (χ0v) is 15.4. The lowest BCUT2D eigenvalue weighted by atomic mass is 10.2. The van der Waals surface area contributed by atoms with Crippen molar-refractivity contribution in [2.45, 2.75) is 24.8 Å². The summed E-state index contributed by atoms with van der Waals surface area (Å²) in [5, 5.41) is 5.54. The van der Waals surface area contributed by atoms with Crippen molar-refractivity contribution >= 4 is 38.9 Å². The fraction of sp³-hybridized carbons (Fsp3) is 0.176. The molecule has 0 saturated heterocycles. The predicted octanol–water partition coefficient (Wildman–Crippen LogP) is 2.50. The lowest BCUT2D eigenvalue weighted by molar-refractivity contribution is 0.0977. The molecule has 0 radical (unpaired) electrons. The Labute approximate surface area is 152 Å². The molecular formula is C17H19N3O3S2. The highest BCUT2D eigenvalue weighted by molar-refractivity contribution is 7.89. The number of amides is 1. The van der Waals surface area contributed by atoms with Gasteiger partial charge in [0.15, 0.2) is 5.11 Å². The molecule has 0 spiro atoms. The van der Waals surface area contributed by atoms with Crippen molar-refractivity contribution in [1.82, 2.24) is 10.0 Å². The number of benzene rings is 2. The van der Waals surface area contributed by atoms with Crippen LogP contribution in [-0.2, 0) is 10.0 Å². The van der Waals surface area contributed by atoms with Gasteiger partial charge in [0.2, 0.25) is 10.0 Å². The van der Waals surface area contributed by atoms with Gasteiger partial charge in [0.1, 0.15) is 0 Å². The highest BCUT2D eigenvalue weighted by Crippen LogP contribution is 2.14. The molecule has 0 aliphatic rings. The number of nitrogens with one attached hydrogen (secondary N) is 3. The molecular weight excluding hydrogens is 358 g/mol. The smallest absolute Gasteiger partial charge is 0.257 e. The molecule has 2 aromatic carbocycles. The largest absolute Gasteiger partial charge is 0.332 e. The molecule has 3 N–H and O–H groups in total. The normalized spacial score (nSPS) is 11.2. The first-order chi connectivity index (χ1) is 11.8. The minimum atomic E-state index is -3.54. The summed E-state index contributed by atoms with van der Waals surface area (Å²) in [6, 6.07) is 14.6. The molecule has 2 aromatic rings. The standard InChI is InChI=1S/C17H19N3O3S2/c1-12(2)20-25(22,23)15-10-8-14(9-11-15)18-17(24)19-16(21)13-6-4-3-5-7-13/h3-12,20H,1-2H3,(H2,18,19,21,24). The van der Waals surface area contributed by atoms with Gasteiger partial charge in [-0.3, -0.25) is 10.1 Å². The Morgan fingerprint density at radius 3 is 2.16 bits per heavy atom. The van der Waals surface area contributed by atoms with Crippen LogP contribution >= 0.6 is 12.2 Å². The van der Waals surface area contributed by atoms with Crippen LogP contribution in [0.5, 0.6) is 0 Å². The topological polar surface area (TPSA) is 87.3 Å². The zero-order chi connectivity index (χ0) is 18.4. The van der Waals surface area contributed by atoms with Crippen LogP contribution < -0.4 is 15.4 Å². The third-order valence-electron chi connectivity index (χ3n) is 3.08. The van der Waals surface area contributed by atoms with Crippen LogP contribution in [0.15, 0.2) is 59.5 Å². The molecule has 25 heavy (non-hydrogen) atoms. The second kappa shape index (κ2) is 8.19. The first-order valence-corrected chi connectivity index (χ1v) is 9.47. The lowest BCUT2D eigenvalue weighted by Gasteiger charge is -2.12. The second-order valence-corrected chi connectivity index (χ2v) is 7.70. The number of thiocarbonyl (C=S) groups is 1. The molecule has 0 bridgehead atoms. The third-order valence-corrected chi connectivity index (χ3v) is 4.95. The van der Waals surface area contributed by atoms with Crippen molar-refractivity contribution in [1.29, 1.82) is 0 Å². The lowest BCUT2D eigenvalue weighted by Crippen LogP contribution is -2.34. The van der Waals surface area contributed by atoms with Crippen LogP contribution in [0, 0.1) is 0 Å². The molecule has 0 heterocycles. The van der Waals surface area contributed by atoms with E-state index < -0.39 is 10.0 Å². The Morgan fingerprint density at radius 2 is 1.60 bits per heavy atom. The molecule has 0 atom stereocenters. The SMILES string of the molecule is CC(C)NS(=O)(=O)c1ccc(NC(=S)NC(=O)c2ccccc2)cc1. The Balaban J connectivity index is 1.99. The maximum absolute atomic E-state index is 12.1. The van der Waals surface area contributed by atoms with E-state index in [0.717, 1.165) is 0 Å². The van der Waals surface area contributed by atoms with Gasteiger partial charge < -0.3 is 5.32 Å². The van der Waals surface area contributed by atoms with Gasteiger partial charge in [-0.15, -0.1) is 0 Å². The Kier molecular flexibility index (Phi) is 6.24. The number of anilines is 1. The molecule has 8 heteroatoms. The number of sulfonamides is 1. The molecule has 132 valence electrons. The predicted molar refractivity (Wildman–Crippen MR) is 102 cm³/mol. The molecule has 0 unspecified atom stereocenters. The first kappa shape index (κ1) is 19.0. The van der Waals surface area contributed by atoms with Gasteiger partial charge in [-0.25, -0.2) is 13.1 Å². The van der Waals surface area contributed by atoms with E-state index in [9.17, 15) is 13.2 Å². The Bertz CT molecular complexity index is 848. The van der Waals surface area contributed by atoms with E-state index in [-0.39, 0.29) is 22.0 Å². The average molecular weight is 377 g/mol. The zero-order valence-electron chi connectivity index (χ0n) is 13.8. The van der Waals surface area contributed by atoms with Crippen molar-refractivity contribution in [3.05, 3.63) is 60.2 Å². The average Bonchev–Trinajstić information content (AvgIpc) is 2.55. The van der Waals surface area contributed by atoms with Crippen LogP contribution in [0.1, 0.15) is 24.2 Å². The summed E-state index contributed by atoms with van der Waals surface area (Å²) in [6.45, 7) is 3.50. The highest BCUT2D eigenvalue weighted by atomic mass is 32.2. The summed E-state index contributed by atoms with van der Waals surface area (Å²) < 4.78 is 26.6. The number of carbonyl (C=O) groups excluding carboxylic acids is 1. The van der Waals surface area contributed by atoms with Gasteiger partial charge in [0.05, 0.1) is 4.90 Å². The van der Waals surface area contributed by atoms with Crippen molar-refractivity contribution < 1.29 is 13.2 Å². The van der Waals surface area contributed by atoms with Gasteiger partial charge in [-0.2, -0.15) is 0 Å². The third kappa shape index (κ3) is 5.63. The summed E-state index contributed by atoms with van der Waals surface area (Å²) in [6.07, 6.45) is 0. The Hall–Kier alpha value is -2.29. The number of hydrogen-bond donors (Lipinski definition) is 3. The minimum Gasteiger partial charge on any atom is -0.332 e. The fourth-order valence-corrected chi connectivity index (χ4v) is 3.48. The molecule has 2 rings (SSSR count). The molecule has 0 fully saturated rings. The molecule has 1 amide bonds. The number of hydrogen-bond acceptors (Lipinski definition) is 4. The quantitative estimate of drug-likeness (QED) is 0.697. The van der Waals surface area contributed by atoms with Crippen molar-refractivity contribution in [2.75, 3.05) is 5.32 Å². The summed E-state index contributed by atoms with van der Waals surface area (Å²) in [4.78, 5) is 12.2. The van der Waals surface area contributed by atoms with Crippen molar-refractivity contribution in [3.63, 3.8) is 0 Å². The summed E-state index contributed by atoms with van der Waals surface area (Å²) in [5.74, 6) is -0.321. The van der Waals surface area contributed by atoms with E-state index >= 15 is 0 Å². The summed E-state index contributed by atoms with van der Waals surface area (Å²) in [5.41, 5.74) is 1.06. The van der Waals surface area contributed by atoms with Crippen LogP contribution in [0.2, 0.25) is 0 Å². The molecule has 0 aliphatic heterocycles. The van der Waals surface area contributed by atoms with E-state index in [2.05, 4.69) is 15.4 Å². The van der Waals surface area contributed by atoms with E-state index in [1.807, 2.05) is 6.07 Å². The van der Waals surface area contributed by atoms with Crippen LogP contribution in [0.4, 0.5) is 5.69 Å². The van der Waals surface area contributed by atoms with E-state index in [1.54, 1.807) is 50.2 Å². The molecule has 0 aliphatic carbocycles. The molecule has 6 nitrogen and oxygen atoms in total. The monoisotopic (exact) mass is 377 g/mol. The number of carbonyl (C=O) groups is 1. The van der Waals surface area contributed by atoms with Gasteiger partial charge in [0.25, 0.3) is 5.91 Å². The van der Waals surface area contributed by atoms with Crippen molar-refractivity contribution in [3.8, 4) is 0 Å². The molecule has 0 saturated carbocycles. The number of rotatable bonds is 5.